The minimum atomic E-state index is -1.00. The van der Waals surface area contributed by atoms with Crippen molar-refractivity contribution >= 4 is 17.6 Å². The SMILES string of the molecule is CCOC(=O)[C@]1(N(C(=O)CC)c2ccccc2)CCN(Cc2ccccc2)C[C@H]1C. The number of ether oxygens (including phenoxy) is 1. The molecule has 0 aliphatic carbocycles. The molecular weight excluding hydrogens is 376 g/mol. The molecule has 160 valence electrons. The van der Waals surface area contributed by atoms with Crippen LogP contribution in [0.3, 0.4) is 0 Å². The quantitative estimate of drug-likeness (QED) is 0.642. The summed E-state index contributed by atoms with van der Waals surface area (Å²) in [5.41, 5.74) is 0.996. The van der Waals surface area contributed by atoms with E-state index in [1.54, 1.807) is 4.90 Å². The third kappa shape index (κ3) is 4.41. The van der Waals surface area contributed by atoms with E-state index in [1.807, 2.05) is 62.4 Å². The van der Waals surface area contributed by atoms with Gasteiger partial charge in [0.1, 0.15) is 5.54 Å². The van der Waals surface area contributed by atoms with Crippen LogP contribution in [-0.2, 0) is 20.9 Å². The van der Waals surface area contributed by atoms with Crippen LogP contribution in [-0.4, -0.2) is 42.0 Å². The Kier molecular flexibility index (Phi) is 7.27. The summed E-state index contributed by atoms with van der Waals surface area (Å²) in [6.45, 7) is 8.28. The van der Waals surface area contributed by atoms with Crippen molar-refractivity contribution in [2.45, 2.75) is 45.7 Å². The minimum Gasteiger partial charge on any atom is -0.464 e. The second kappa shape index (κ2) is 9.90. The molecular formula is C25H32N2O3. The molecule has 1 aliphatic heterocycles. The van der Waals surface area contributed by atoms with Gasteiger partial charge in [0.2, 0.25) is 5.91 Å². The Morgan fingerprint density at radius 1 is 1.07 bits per heavy atom. The molecule has 2 atom stereocenters. The van der Waals surface area contributed by atoms with E-state index < -0.39 is 5.54 Å². The van der Waals surface area contributed by atoms with E-state index in [1.165, 1.54) is 5.56 Å². The summed E-state index contributed by atoms with van der Waals surface area (Å²) in [7, 11) is 0. The number of piperidine rings is 1. The molecule has 1 amide bonds. The largest absolute Gasteiger partial charge is 0.464 e. The molecule has 3 rings (SSSR count). The lowest BCUT2D eigenvalue weighted by atomic mass is 9.76. The minimum absolute atomic E-state index is 0.0578. The maximum Gasteiger partial charge on any atom is 0.332 e. The first-order chi connectivity index (χ1) is 14.5. The number of benzene rings is 2. The third-order valence-corrected chi connectivity index (χ3v) is 6.00. The van der Waals surface area contributed by atoms with Gasteiger partial charge in [-0.1, -0.05) is 62.4 Å². The first kappa shape index (κ1) is 22.0. The molecule has 1 heterocycles. The number of anilines is 1. The summed E-state index contributed by atoms with van der Waals surface area (Å²) in [6, 6.07) is 19.9. The van der Waals surface area contributed by atoms with Crippen molar-refractivity contribution < 1.29 is 14.3 Å². The van der Waals surface area contributed by atoms with E-state index in [4.69, 9.17) is 4.74 Å². The van der Waals surface area contributed by atoms with Gasteiger partial charge in [-0.15, -0.1) is 0 Å². The maximum atomic E-state index is 13.4. The number of esters is 1. The zero-order valence-corrected chi connectivity index (χ0v) is 18.2. The average molecular weight is 409 g/mol. The molecule has 5 nitrogen and oxygen atoms in total. The molecule has 30 heavy (non-hydrogen) atoms. The highest BCUT2D eigenvalue weighted by atomic mass is 16.5. The van der Waals surface area contributed by atoms with E-state index in [-0.39, 0.29) is 17.8 Å². The fraction of sp³-hybridized carbons (Fsp3) is 0.440. The maximum absolute atomic E-state index is 13.4. The van der Waals surface area contributed by atoms with Gasteiger partial charge in [-0.2, -0.15) is 0 Å². The highest BCUT2D eigenvalue weighted by Crippen LogP contribution is 2.39. The van der Waals surface area contributed by atoms with Crippen LogP contribution < -0.4 is 4.90 Å². The van der Waals surface area contributed by atoms with Crippen molar-refractivity contribution in [2.75, 3.05) is 24.6 Å². The van der Waals surface area contributed by atoms with Crippen LogP contribution in [0.25, 0.3) is 0 Å². The van der Waals surface area contributed by atoms with Crippen LogP contribution >= 0.6 is 0 Å². The monoisotopic (exact) mass is 408 g/mol. The van der Waals surface area contributed by atoms with Gasteiger partial charge >= 0.3 is 5.97 Å². The Bertz CT molecular complexity index is 840. The van der Waals surface area contributed by atoms with Gasteiger partial charge < -0.3 is 4.74 Å². The number of amides is 1. The first-order valence-electron chi connectivity index (χ1n) is 10.8. The molecule has 0 radical (unpaired) electrons. The number of likely N-dealkylation sites (tertiary alicyclic amines) is 1. The van der Waals surface area contributed by atoms with Crippen molar-refractivity contribution in [2.24, 2.45) is 5.92 Å². The van der Waals surface area contributed by atoms with Gasteiger partial charge in [0.05, 0.1) is 6.61 Å². The van der Waals surface area contributed by atoms with Crippen molar-refractivity contribution in [1.82, 2.24) is 4.90 Å². The number of para-hydroxylation sites is 1. The average Bonchev–Trinajstić information content (AvgIpc) is 2.77. The predicted molar refractivity (Wildman–Crippen MR) is 119 cm³/mol. The third-order valence-electron chi connectivity index (χ3n) is 6.00. The standard InChI is InChI=1S/C25H32N2O3/c1-4-23(28)27(22-14-10-7-11-15-22)25(24(29)30-5-2)16-17-26(18-20(25)3)19-21-12-8-6-9-13-21/h6-15,20H,4-5,16-19H2,1-3H3/t20-,25+/m1/s1. The number of carbonyl (C=O) groups is 2. The summed E-state index contributed by atoms with van der Waals surface area (Å²) in [4.78, 5) is 30.6. The molecule has 0 unspecified atom stereocenters. The Balaban J connectivity index is 1.95. The fourth-order valence-corrected chi connectivity index (χ4v) is 4.50. The fourth-order valence-electron chi connectivity index (χ4n) is 4.50. The van der Waals surface area contributed by atoms with E-state index in [2.05, 4.69) is 24.0 Å². The summed E-state index contributed by atoms with van der Waals surface area (Å²) >= 11 is 0. The molecule has 0 bridgehead atoms. The Morgan fingerprint density at radius 3 is 2.27 bits per heavy atom. The number of rotatable bonds is 7. The summed E-state index contributed by atoms with van der Waals surface area (Å²) in [5, 5.41) is 0. The second-order valence-electron chi connectivity index (χ2n) is 7.93. The Hall–Kier alpha value is -2.66. The second-order valence-corrected chi connectivity index (χ2v) is 7.93. The van der Waals surface area contributed by atoms with Gasteiger partial charge in [0, 0.05) is 37.7 Å². The van der Waals surface area contributed by atoms with Crippen molar-refractivity contribution in [3.63, 3.8) is 0 Å². The zero-order valence-electron chi connectivity index (χ0n) is 18.2. The number of hydrogen-bond donors (Lipinski definition) is 0. The van der Waals surface area contributed by atoms with Crippen LogP contribution in [0.4, 0.5) is 5.69 Å². The lowest BCUT2D eigenvalue weighted by molar-refractivity contribution is -0.156. The van der Waals surface area contributed by atoms with Gasteiger partial charge in [-0.25, -0.2) is 4.79 Å². The molecule has 0 spiro atoms. The van der Waals surface area contributed by atoms with Crippen LogP contribution in [0.5, 0.6) is 0 Å². The number of hydrogen-bond acceptors (Lipinski definition) is 4. The predicted octanol–water partition coefficient (Wildman–Crippen LogP) is 4.27. The lowest BCUT2D eigenvalue weighted by Gasteiger charge is -2.50. The molecule has 1 fully saturated rings. The van der Waals surface area contributed by atoms with E-state index >= 15 is 0 Å². The van der Waals surface area contributed by atoms with Crippen LogP contribution in [0.2, 0.25) is 0 Å². The molecule has 5 heteroatoms. The van der Waals surface area contributed by atoms with Crippen molar-refractivity contribution in [3.05, 3.63) is 66.2 Å². The molecule has 2 aromatic rings. The first-order valence-corrected chi connectivity index (χ1v) is 10.8. The lowest BCUT2D eigenvalue weighted by Crippen LogP contribution is -2.67. The number of nitrogens with zero attached hydrogens (tertiary/aromatic N) is 2. The summed E-state index contributed by atoms with van der Waals surface area (Å²) in [6.07, 6.45) is 0.872. The normalized spacial score (nSPS) is 21.8. The van der Waals surface area contributed by atoms with E-state index in [0.717, 1.165) is 18.8 Å². The number of carbonyl (C=O) groups excluding carboxylic acids is 2. The Morgan fingerprint density at radius 2 is 1.70 bits per heavy atom. The molecule has 0 N–H and O–H groups in total. The van der Waals surface area contributed by atoms with E-state index in [9.17, 15) is 9.59 Å². The van der Waals surface area contributed by atoms with Crippen LogP contribution in [0.15, 0.2) is 60.7 Å². The molecule has 1 aliphatic rings. The Labute approximate surface area is 179 Å². The molecule has 0 saturated carbocycles. The van der Waals surface area contributed by atoms with Crippen molar-refractivity contribution in [3.8, 4) is 0 Å². The smallest absolute Gasteiger partial charge is 0.332 e. The van der Waals surface area contributed by atoms with Gasteiger partial charge in [0.25, 0.3) is 0 Å². The molecule has 2 aromatic carbocycles. The highest BCUT2D eigenvalue weighted by molar-refractivity contribution is 6.02. The molecule has 1 saturated heterocycles. The van der Waals surface area contributed by atoms with Crippen LogP contribution in [0.1, 0.15) is 39.2 Å². The zero-order chi connectivity index (χ0) is 21.6. The van der Waals surface area contributed by atoms with E-state index in [0.29, 0.717) is 26.0 Å². The van der Waals surface area contributed by atoms with Gasteiger partial charge in [-0.05, 0) is 31.0 Å². The highest BCUT2D eigenvalue weighted by Gasteiger charge is 2.54. The summed E-state index contributed by atoms with van der Waals surface area (Å²) < 4.78 is 5.55. The summed E-state index contributed by atoms with van der Waals surface area (Å²) in [5.74, 6) is -0.440. The van der Waals surface area contributed by atoms with Gasteiger partial charge in [0.15, 0.2) is 0 Å². The van der Waals surface area contributed by atoms with Crippen molar-refractivity contribution in [1.29, 1.82) is 0 Å². The molecule has 0 aromatic heterocycles. The van der Waals surface area contributed by atoms with Gasteiger partial charge in [-0.3, -0.25) is 14.6 Å². The van der Waals surface area contributed by atoms with Crippen LogP contribution in [0, 0.1) is 5.92 Å². The topological polar surface area (TPSA) is 49.9 Å².